The number of hydrogen-bond donors (Lipinski definition) is 1. The van der Waals surface area contributed by atoms with Crippen molar-refractivity contribution in [2.75, 3.05) is 38.6 Å². The average molecular weight is 371 g/mol. The van der Waals surface area contributed by atoms with Crippen LogP contribution in [0.2, 0.25) is 0 Å². The maximum Gasteiger partial charge on any atom is 0.230 e. The minimum absolute atomic E-state index is 0.0739. The summed E-state index contributed by atoms with van der Waals surface area (Å²) in [6.45, 7) is 5.98. The third-order valence-corrected chi connectivity index (χ3v) is 5.57. The molecule has 26 heavy (non-hydrogen) atoms. The summed E-state index contributed by atoms with van der Waals surface area (Å²) in [5.74, 6) is 0.512. The van der Waals surface area contributed by atoms with Gasteiger partial charge in [-0.15, -0.1) is 11.8 Å². The van der Waals surface area contributed by atoms with Crippen molar-refractivity contribution in [1.29, 1.82) is 0 Å². The molecule has 1 N–H and O–H groups in total. The SMILES string of the molecule is Cc1ccc(SCC(=O)NCC(c2ccccc2)N2CCOCC2)cc1. The maximum atomic E-state index is 12.3. The molecule has 1 saturated heterocycles. The predicted octanol–water partition coefficient (Wildman–Crippen LogP) is 3.28. The third-order valence-electron chi connectivity index (χ3n) is 4.55. The lowest BCUT2D eigenvalue weighted by molar-refractivity contribution is -0.118. The van der Waals surface area contributed by atoms with Crippen LogP contribution in [0.1, 0.15) is 17.2 Å². The van der Waals surface area contributed by atoms with E-state index >= 15 is 0 Å². The smallest absolute Gasteiger partial charge is 0.230 e. The van der Waals surface area contributed by atoms with Crippen LogP contribution in [0.5, 0.6) is 0 Å². The van der Waals surface area contributed by atoms with Crippen LogP contribution in [-0.2, 0) is 9.53 Å². The Morgan fingerprint density at radius 2 is 1.81 bits per heavy atom. The van der Waals surface area contributed by atoms with Crippen molar-refractivity contribution in [3.8, 4) is 0 Å². The summed E-state index contributed by atoms with van der Waals surface area (Å²) in [7, 11) is 0. The highest BCUT2D eigenvalue weighted by atomic mass is 32.2. The van der Waals surface area contributed by atoms with Crippen LogP contribution >= 0.6 is 11.8 Å². The molecule has 1 aliphatic rings. The number of benzene rings is 2. The number of hydrogen-bond acceptors (Lipinski definition) is 4. The summed E-state index contributed by atoms with van der Waals surface area (Å²) in [6, 6.07) is 18.9. The van der Waals surface area contributed by atoms with Gasteiger partial charge in [0.25, 0.3) is 0 Å². The minimum Gasteiger partial charge on any atom is -0.379 e. The number of thioether (sulfide) groups is 1. The molecule has 1 atom stereocenters. The average Bonchev–Trinajstić information content (AvgIpc) is 2.69. The summed E-state index contributed by atoms with van der Waals surface area (Å²) in [4.78, 5) is 15.8. The number of amides is 1. The van der Waals surface area contributed by atoms with Crippen molar-refractivity contribution in [2.24, 2.45) is 0 Å². The largest absolute Gasteiger partial charge is 0.379 e. The first-order valence-electron chi connectivity index (χ1n) is 9.05. The van der Waals surface area contributed by atoms with Gasteiger partial charge in [0.1, 0.15) is 0 Å². The lowest BCUT2D eigenvalue weighted by atomic mass is 10.0. The number of carbonyl (C=O) groups is 1. The molecule has 0 bridgehead atoms. The molecule has 3 rings (SSSR count). The van der Waals surface area contributed by atoms with Gasteiger partial charge < -0.3 is 10.1 Å². The Bertz CT molecular complexity index is 685. The van der Waals surface area contributed by atoms with E-state index in [2.05, 4.69) is 65.7 Å². The van der Waals surface area contributed by atoms with Crippen molar-refractivity contribution in [3.05, 3.63) is 65.7 Å². The summed E-state index contributed by atoms with van der Waals surface area (Å²) < 4.78 is 5.47. The van der Waals surface area contributed by atoms with Crippen LogP contribution in [0, 0.1) is 6.92 Å². The van der Waals surface area contributed by atoms with E-state index in [-0.39, 0.29) is 11.9 Å². The molecule has 4 nitrogen and oxygen atoms in total. The van der Waals surface area contributed by atoms with E-state index < -0.39 is 0 Å². The molecule has 1 aliphatic heterocycles. The number of carbonyl (C=O) groups excluding carboxylic acids is 1. The molecule has 0 aromatic heterocycles. The van der Waals surface area contributed by atoms with Gasteiger partial charge in [-0.3, -0.25) is 9.69 Å². The maximum absolute atomic E-state index is 12.3. The van der Waals surface area contributed by atoms with Gasteiger partial charge in [-0.2, -0.15) is 0 Å². The van der Waals surface area contributed by atoms with Crippen molar-refractivity contribution in [2.45, 2.75) is 17.9 Å². The van der Waals surface area contributed by atoms with Crippen molar-refractivity contribution >= 4 is 17.7 Å². The van der Waals surface area contributed by atoms with E-state index in [1.165, 1.54) is 11.1 Å². The first-order chi connectivity index (χ1) is 12.7. The zero-order valence-electron chi connectivity index (χ0n) is 15.2. The second-order valence-corrected chi connectivity index (χ2v) is 7.53. The first kappa shape index (κ1) is 19.0. The lowest BCUT2D eigenvalue weighted by Gasteiger charge is -2.35. The number of morpholine rings is 1. The zero-order valence-corrected chi connectivity index (χ0v) is 16.0. The highest BCUT2D eigenvalue weighted by Crippen LogP contribution is 2.22. The third kappa shape index (κ3) is 5.59. The van der Waals surface area contributed by atoms with E-state index in [1.807, 2.05) is 6.07 Å². The molecule has 0 saturated carbocycles. The second kappa shape index (κ2) is 9.76. The fraction of sp³-hybridized carbons (Fsp3) is 0.381. The Morgan fingerprint density at radius 3 is 2.50 bits per heavy atom. The molecular formula is C21H26N2O2S. The number of nitrogens with zero attached hydrogens (tertiary/aromatic N) is 1. The predicted molar refractivity (Wildman–Crippen MR) is 106 cm³/mol. The summed E-state index contributed by atoms with van der Waals surface area (Å²) in [6.07, 6.45) is 0. The van der Waals surface area contributed by atoms with Crippen LogP contribution in [0.25, 0.3) is 0 Å². The quantitative estimate of drug-likeness (QED) is 0.760. The van der Waals surface area contributed by atoms with E-state index in [9.17, 15) is 4.79 Å². The van der Waals surface area contributed by atoms with Gasteiger partial charge in [-0.05, 0) is 24.6 Å². The highest BCUT2D eigenvalue weighted by molar-refractivity contribution is 8.00. The van der Waals surface area contributed by atoms with Crippen molar-refractivity contribution in [1.82, 2.24) is 10.2 Å². The van der Waals surface area contributed by atoms with Crippen molar-refractivity contribution < 1.29 is 9.53 Å². The van der Waals surface area contributed by atoms with Crippen LogP contribution < -0.4 is 5.32 Å². The molecule has 2 aromatic rings. The summed E-state index contributed by atoms with van der Waals surface area (Å²) in [5.41, 5.74) is 2.47. The van der Waals surface area contributed by atoms with Crippen LogP contribution in [0.3, 0.4) is 0 Å². The van der Waals surface area contributed by atoms with E-state index in [0.29, 0.717) is 12.3 Å². The Labute approximate surface area is 159 Å². The minimum atomic E-state index is 0.0739. The Balaban J connectivity index is 1.54. The molecule has 138 valence electrons. The van der Waals surface area contributed by atoms with E-state index in [0.717, 1.165) is 31.2 Å². The topological polar surface area (TPSA) is 41.6 Å². The highest BCUT2D eigenvalue weighted by Gasteiger charge is 2.23. The molecule has 0 radical (unpaired) electrons. The first-order valence-corrected chi connectivity index (χ1v) is 10.0. The van der Waals surface area contributed by atoms with Crippen molar-refractivity contribution in [3.63, 3.8) is 0 Å². The monoisotopic (exact) mass is 370 g/mol. The normalized spacial score (nSPS) is 16.2. The van der Waals surface area contributed by atoms with Gasteiger partial charge in [0.15, 0.2) is 0 Å². The number of ether oxygens (including phenoxy) is 1. The molecule has 5 heteroatoms. The van der Waals surface area contributed by atoms with Gasteiger partial charge in [0.05, 0.1) is 25.0 Å². The Kier molecular flexibility index (Phi) is 7.12. The van der Waals surface area contributed by atoms with Crippen LogP contribution in [-0.4, -0.2) is 49.4 Å². The fourth-order valence-electron chi connectivity index (χ4n) is 3.07. The molecule has 0 spiro atoms. The van der Waals surface area contributed by atoms with Gasteiger partial charge in [-0.25, -0.2) is 0 Å². The molecular weight excluding hydrogens is 344 g/mol. The van der Waals surface area contributed by atoms with Gasteiger partial charge in [0.2, 0.25) is 5.91 Å². The zero-order chi connectivity index (χ0) is 18.2. The van der Waals surface area contributed by atoms with E-state index in [4.69, 9.17) is 4.74 Å². The van der Waals surface area contributed by atoms with E-state index in [1.54, 1.807) is 11.8 Å². The molecule has 0 aliphatic carbocycles. The molecule has 1 fully saturated rings. The molecule has 2 aromatic carbocycles. The van der Waals surface area contributed by atoms with Gasteiger partial charge in [0, 0.05) is 24.5 Å². The summed E-state index contributed by atoms with van der Waals surface area (Å²) >= 11 is 1.57. The summed E-state index contributed by atoms with van der Waals surface area (Å²) in [5, 5.41) is 3.12. The van der Waals surface area contributed by atoms with Gasteiger partial charge >= 0.3 is 0 Å². The standard InChI is InChI=1S/C21H26N2O2S/c1-17-7-9-19(10-8-17)26-16-21(24)22-15-20(18-5-3-2-4-6-18)23-11-13-25-14-12-23/h2-10,20H,11-16H2,1H3,(H,22,24). The molecule has 1 heterocycles. The second-order valence-electron chi connectivity index (χ2n) is 6.48. The fourth-order valence-corrected chi connectivity index (χ4v) is 3.80. The number of aryl methyl sites for hydroxylation is 1. The van der Waals surface area contributed by atoms with Crippen LogP contribution in [0.4, 0.5) is 0 Å². The number of nitrogens with one attached hydrogen (secondary N) is 1. The van der Waals surface area contributed by atoms with Crippen LogP contribution in [0.15, 0.2) is 59.5 Å². The molecule has 1 unspecified atom stereocenters. The Morgan fingerprint density at radius 1 is 1.12 bits per heavy atom. The van der Waals surface area contributed by atoms with Gasteiger partial charge in [-0.1, -0.05) is 48.0 Å². The molecule has 1 amide bonds. The lowest BCUT2D eigenvalue weighted by Crippen LogP contribution is -2.44. The number of rotatable bonds is 7. The Hall–Kier alpha value is -1.82.